The summed E-state index contributed by atoms with van der Waals surface area (Å²) in [6.45, 7) is 0. The Kier molecular flexibility index (Phi) is 30.1. The molecule has 0 amide bonds. The van der Waals surface area contributed by atoms with Crippen molar-refractivity contribution in [1.82, 2.24) is 0 Å². The van der Waals surface area contributed by atoms with E-state index >= 15 is 0 Å². The van der Waals surface area contributed by atoms with Crippen LogP contribution in [0.4, 0.5) is 0 Å². The van der Waals surface area contributed by atoms with Gasteiger partial charge in [0.15, 0.2) is 0 Å². The van der Waals surface area contributed by atoms with Crippen LogP contribution in [0.15, 0.2) is 102 Å². The lowest BCUT2D eigenvalue weighted by Crippen LogP contribution is -1.88. The van der Waals surface area contributed by atoms with Crippen LogP contribution in [0, 0.1) is 22.7 Å². The summed E-state index contributed by atoms with van der Waals surface area (Å²) in [4.78, 5) is 0. The van der Waals surface area contributed by atoms with E-state index < -0.39 is 0 Å². The molecule has 0 unspecified atom stereocenters. The highest BCUT2D eigenvalue weighted by Gasteiger charge is 2.37. The molecule has 0 spiro atoms. The van der Waals surface area contributed by atoms with Crippen molar-refractivity contribution < 1.29 is 0 Å². The van der Waals surface area contributed by atoms with Crippen molar-refractivity contribution in [3.05, 3.63) is 102 Å². The van der Waals surface area contributed by atoms with Crippen LogP contribution in [-0.4, -0.2) is 92.0 Å². The van der Waals surface area contributed by atoms with Crippen LogP contribution in [0.1, 0.15) is 32.1 Å². The molecule has 12 rings (SSSR count). The Labute approximate surface area is 614 Å². The average molecular weight is 1660 g/mol. The third-order valence-electron chi connectivity index (χ3n) is 10.3. The third-order valence-corrected chi connectivity index (χ3v) is 58.2. The van der Waals surface area contributed by atoms with E-state index in [-0.39, 0.29) is 0 Å². The Bertz CT molecular complexity index is 2700. The predicted octanol–water partition coefficient (Wildman–Crippen LogP) is 27.1. The molecule has 0 aromatic heterocycles. The van der Waals surface area contributed by atoms with Gasteiger partial charge in [0.25, 0.3) is 0 Å². The molecule has 81 heavy (non-hydrogen) atoms. The standard InChI is InChI=1S/C47H42N2S32/c48-6-1-8-50-24-26(68-40(66-24)44-74-32-33(75-44)59-17-16-58-32)52-10-3-12-54-28-30(72-42(70-28)46-78-36-37(79-46)63-21-20-62-36)56-14-5-15-57-31-29(71-43(73-31)47-80-38-39(81-47)65-23-22-64-38)55-13-4-11-53-27-25(51-9-2-7-49)67-41(69-27)45-76-34-35(77-45)61-19-18-60-34/h1-5,8-23H2. The molecule has 34 heteroatoms. The van der Waals surface area contributed by atoms with Crippen LogP contribution in [-0.2, 0) is 0 Å². The van der Waals surface area contributed by atoms with Crippen molar-refractivity contribution in [2.24, 2.45) is 0 Å². The molecule has 0 radical (unpaired) electrons. The van der Waals surface area contributed by atoms with Crippen LogP contribution in [0.5, 0.6) is 0 Å². The molecule has 12 aliphatic rings. The van der Waals surface area contributed by atoms with Crippen LogP contribution in [0.3, 0.4) is 0 Å². The van der Waals surface area contributed by atoms with Crippen LogP contribution in [0.2, 0.25) is 0 Å². The van der Waals surface area contributed by atoms with Crippen molar-refractivity contribution in [1.29, 1.82) is 10.5 Å². The molecule has 432 valence electrons. The maximum atomic E-state index is 9.33. The SMILES string of the molecule is N#CCCSC1=C(SCCCSC2=C(SCCCSC3=C(SCCCSC4=C(SCCC#N)SC(=C5SC6=C(SCCS6)S5)S4)SC(=C4SC5=C(SCCS5)S4)S3)SC(=C3SC4=C(SCCS4)S3)S2)SC(=C2SC3=C(SCCS3)S2)S1. The summed E-state index contributed by atoms with van der Waals surface area (Å²) >= 11 is 64.9. The zero-order valence-corrected chi connectivity index (χ0v) is 67.9. The summed E-state index contributed by atoms with van der Waals surface area (Å²) in [5.74, 6) is 18.3. The van der Waals surface area contributed by atoms with Gasteiger partial charge in [-0.05, 0) is 53.8 Å². The first kappa shape index (κ1) is 68.0. The minimum Gasteiger partial charge on any atom is -0.198 e. The molecule has 0 saturated carbocycles. The first-order valence-electron chi connectivity index (χ1n) is 24.6. The van der Waals surface area contributed by atoms with Gasteiger partial charge < -0.3 is 0 Å². The number of nitriles is 2. The molecular formula is C47H42N2S32. The molecule has 0 bridgehead atoms. The summed E-state index contributed by atoms with van der Waals surface area (Å²) in [5, 5.41) is 18.7. The summed E-state index contributed by atoms with van der Waals surface area (Å²) in [7, 11) is 0. The van der Waals surface area contributed by atoms with E-state index in [1.54, 1.807) is 0 Å². The molecule has 12 heterocycles. The van der Waals surface area contributed by atoms with Crippen LogP contribution >= 0.6 is 376 Å². The average Bonchev–Trinajstić information content (AvgIpc) is 4.39. The second kappa shape index (κ2) is 35.9. The Balaban J connectivity index is 0.649. The minimum absolute atomic E-state index is 0.595. The summed E-state index contributed by atoms with van der Waals surface area (Å²) in [6, 6.07) is 4.74. The Morgan fingerprint density at radius 1 is 0.222 bits per heavy atom. The molecule has 0 N–H and O–H groups in total. The number of thioether (sulfide) groups is 32. The Hall–Kier alpha value is 7.06. The van der Waals surface area contributed by atoms with Gasteiger partial charge in [-0.15, -0.1) is 188 Å². The Morgan fingerprint density at radius 3 is 0.556 bits per heavy atom. The minimum atomic E-state index is 0.595. The zero-order chi connectivity index (χ0) is 54.7. The van der Waals surface area contributed by atoms with E-state index in [2.05, 4.69) is 153 Å². The topological polar surface area (TPSA) is 47.6 Å². The molecule has 0 aromatic rings. The number of rotatable bonds is 24. The van der Waals surface area contributed by atoms with Crippen molar-refractivity contribution in [2.45, 2.75) is 32.1 Å². The molecule has 0 aliphatic carbocycles. The van der Waals surface area contributed by atoms with Gasteiger partial charge in [0.1, 0.15) is 0 Å². The second-order valence-electron chi connectivity index (χ2n) is 16.0. The van der Waals surface area contributed by atoms with E-state index in [9.17, 15) is 10.5 Å². The molecular weight excluding hydrogens is 1620 g/mol. The van der Waals surface area contributed by atoms with E-state index in [0.717, 1.165) is 46.0 Å². The maximum Gasteiger partial charge on any atom is 0.0717 e. The van der Waals surface area contributed by atoms with Gasteiger partial charge in [-0.1, -0.05) is 188 Å². The molecule has 0 saturated heterocycles. The fourth-order valence-electron chi connectivity index (χ4n) is 6.88. The summed E-state index contributed by atoms with van der Waals surface area (Å²) in [6.07, 6.45) is 4.73. The quantitative estimate of drug-likeness (QED) is 0.0861. The fourth-order valence-corrected chi connectivity index (χ4v) is 55.7. The van der Waals surface area contributed by atoms with Crippen molar-refractivity contribution in [3.8, 4) is 12.1 Å². The van der Waals surface area contributed by atoms with Gasteiger partial charge in [0.05, 0.1) is 114 Å². The maximum absolute atomic E-state index is 9.33. The van der Waals surface area contributed by atoms with E-state index in [0.29, 0.717) is 12.8 Å². The van der Waals surface area contributed by atoms with Gasteiger partial charge >= 0.3 is 0 Å². The smallest absolute Gasteiger partial charge is 0.0717 e. The zero-order valence-electron chi connectivity index (χ0n) is 41.8. The third kappa shape index (κ3) is 19.2. The number of hydrogen-bond donors (Lipinski definition) is 0. The highest BCUT2D eigenvalue weighted by atomic mass is 32.3. The van der Waals surface area contributed by atoms with Gasteiger partial charge in [-0.2, -0.15) is 10.5 Å². The monoisotopic (exact) mass is 1660 g/mol. The molecule has 2 nitrogen and oxygen atoms in total. The van der Waals surface area contributed by atoms with E-state index in [1.807, 2.05) is 235 Å². The predicted molar refractivity (Wildman–Crippen MR) is 439 cm³/mol. The Morgan fingerprint density at radius 2 is 0.383 bits per heavy atom. The molecule has 0 fully saturated rings. The van der Waals surface area contributed by atoms with Gasteiger partial charge in [0, 0.05) is 70.4 Å². The highest BCUT2D eigenvalue weighted by molar-refractivity contribution is 8.49. The largest absolute Gasteiger partial charge is 0.198 e. The normalized spacial score (nSPS) is 23.4. The lowest BCUT2D eigenvalue weighted by Gasteiger charge is -2.08. The lowest BCUT2D eigenvalue weighted by molar-refractivity contribution is 1.13. The van der Waals surface area contributed by atoms with E-state index in [1.165, 1.54) is 167 Å². The number of nitrogens with zero attached hydrogens (tertiary/aromatic N) is 2. The highest BCUT2D eigenvalue weighted by Crippen LogP contribution is 2.72. The first-order valence-corrected chi connectivity index (χ1v) is 53.4. The lowest BCUT2D eigenvalue weighted by atomic mass is 10.6. The van der Waals surface area contributed by atoms with Gasteiger partial charge in [-0.25, -0.2) is 0 Å². The van der Waals surface area contributed by atoms with Crippen molar-refractivity contribution in [3.63, 3.8) is 0 Å². The van der Waals surface area contributed by atoms with Crippen LogP contribution < -0.4 is 0 Å². The van der Waals surface area contributed by atoms with Crippen molar-refractivity contribution in [2.75, 3.05) is 92.0 Å². The number of hydrogen-bond acceptors (Lipinski definition) is 34. The van der Waals surface area contributed by atoms with Gasteiger partial charge in [-0.3, -0.25) is 0 Å². The van der Waals surface area contributed by atoms with Crippen LogP contribution in [0.25, 0.3) is 0 Å². The summed E-state index contributed by atoms with van der Waals surface area (Å²) in [5.41, 5.74) is 0. The molecule has 0 atom stereocenters. The summed E-state index contributed by atoms with van der Waals surface area (Å²) < 4.78 is 35.8. The van der Waals surface area contributed by atoms with E-state index in [4.69, 9.17) is 0 Å². The molecule has 0 aromatic carbocycles. The first-order chi connectivity index (χ1) is 40.0. The second-order valence-corrected chi connectivity index (χ2v) is 56.2. The fraction of sp³-hybridized carbons (Fsp3) is 0.447. The van der Waals surface area contributed by atoms with Crippen molar-refractivity contribution >= 4 is 376 Å². The van der Waals surface area contributed by atoms with Gasteiger partial charge in [0.2, 0.25) is 0 Å². The molecule has 12 aliphatic heterocycles.